The number of ether oxygens (including phenoxy) is 2. The van der Waals surface area contributed by atoms with E-state index in [9.17, 15) is 9.59 Å². The Hall–Kier alpha value is -3.49. The van der Waals surface area contributed by atoms with Gasteiger partial charge in [-0.2, -0.15) is 0 Å². The van der Waals surface area contributed by atoms with Gasteiger partial charge in [-0.1, -0.05) is 53.7 Å². The van der Waals surface area contributed by atoms with Gasteiger partial charge < -0.3 is 14.8 Å². The molecule has 1 amide bonds. The zero-order valence-corrected chi connectivity index (χ0v) is 20.2. The molecule has 1 N–H and O–H groups in total. The van der Waals surface area contributed by atoms with Crippen molar-refractivity contribution in [2.45, 2.75) is 11.7 Å². The molecule has 0 aliphatic carbocycles. The molecule has 7 nitrogen and oxygen atoms in total. The number of hydrogen-bond acceptors (Lipinski definition) is 6. The predicted octanol–water partition coefficient (Wildman–Crippen LogP) is 4.85. The Labute approximate surface area is 205 Å². The fourth-order valence-electron chi connectivity index (χ4n) is 3.44. The van der Waals surface area contributed by atoms with Gasteiger partial charge in [0.05, 0.1) is 37.4 Å². The molecule has 0 fully saturated rings. The average Bonchev–Trinajstić information content (AvgIpc) is 2.85. The van der Waals surface area contributed by atoms with Crippen molar-refractivity contribution in [3.8, 4) is 11.5 Å². The first-order valence-electron chi connectivity index (χ1n) is 10.4. The number of aromatic nitrogens is 2. The number of halogens is 1. The molecule has 0 aliphatic rings. The van der Waals surface area contributed by atoms with Crippen LogP contribution < -0.4 is 20.3 Å². The van der Waals surface area contributed by atoms with Crippen LogP contribution in [0.15, 0.2) is 76.7 Å². The SMILES string of the molecule is COc1ccc(NC(=O)CSc2nc3ccccc3c(=O)n2Cc2ccccc2Cl)cc1OC. The number of rotatable bonds is 8. The van der Waals surface area contributed by atoms with Crippen molar-refractivity contribution >= 4 is 45.9 Å². The lowest BCUT2D eigenvalue weighted by atomic mass is 10.2. The Morgan fingerprint density at radius 2 is 1.76 bits per heavy atom. The summed E-state index contributed by atoms with van der Waals surface area (Å²) in [7, 11) is 3.08. The third-order valence-electron chi connectivity index (χ3n) is 5.11. The van der Waals surface area contributed by atoms with E-state index < -0.39 is 0 Å². The summed E-state index contributed by atoms with van der Waals surface area (Å²) in [6.45, 7) is 0.246. The molecule has 4 aromatic rings. The highest BCUT2D eigenvalue weighted by atomic mass is 35.5. The van der Waals surface area contributed by atoms with E-state index in [1.54, 1.807) is 54.1 Å². The highest BCUT2D eigenvalue weighted by molar-refractivity contribution is 7.99. The summed E-state index contributed by atoms with van der Waals surface area (Å²) in [5.41, 5.74) is 1.75. The molecule has 0 bridgehead atoms. The molecule has 0 radical (unpaired) electrons. The average molecular weight is 496 g/mol. The molecule has 0 spiro atoms. The van der Waals surface area contributed by atoms with Crippen LogP contribution in [0.5, 0.6) is 11.5 Å². The fourth-order valence-corrected chi connectivity index (χ4v) is 4.43. The highest BCUT2D eigenvalue weighted by Gasteiger charge is 2.15. The number of carbonyl (C=O) groups excluding carboxylic acids is 1. The van der Waals surface area contributed by atoms with Crippen LogP contribution >= 0.6 is 23.4 Å². The first-order valence-corrected chi connectivity index (χ1v) is 11.7. The van der Waals surface area contributed by atoms with Crippen LogP contribution in [0.3, 0.4) is 0 Å². The monoisotopic (exact) mass is 495 g/mol. The van der Waals surface area contributed by atoms with E-state index in [1.165, 1.54) is 18.9 Å². The fraction of sp³-hybridized carbons (Fsp3) is 0.160. The third-order valence-corrected chi connectivity index (χ3v) is 6.46. The summed E-state index contributed by atoms with van der Waals surface area (Å²) < 4.78 is 12.1. The van der Waals surface area contributed by atoms with Crippen molar-refractivity contribution in [1.29, 1.82) is 0 Å². The maximum atomic E-state index is 13.3. The number of para-hydroxylation sites is 1. The Bertz CT molecular complexity index is 1410. The molecular formula is C25H22ClN3O4S. The van der Waals surface area contributed by atoms with E-state index in [-0.39, 0.29) is 23.8 Å². The first-order chi connectivity index (χ1) is 16.5. The number of nitrogens with one attached hydrogen (secondary N) is 1. The van der Waals surface area contributed by atoms with Crippen molar-refractivity contribution in [3.63, 3.8) is 0 Å². The summed E-state index contributed by atoms with van der Waals surface area (Å²) in [4.78, 5) is 30.6. The predicted molar refractivity (Wildman–Crippen MR) is 135 cm³/mol. The molecule has 1 heterocycles. The van der Waals surface area contributed by atoms with Gasteiger partial charge in [0.2, 0.25) is 5.91 Å². The number of amides is 1. The van der Waals surface area contributed by atoms with Gasteiger partial charge in [0.25, 0.3) is 5.56 Å². The third kappa shape index (κ3) is 5.18. The van der Waals surface area contributed by atoms with Crippen LogP contribution in [0.2, 0.25) is 5.02 Å². The van der Waals surface area contributed by atoms with Crippen LogP contribution in [-0.4, -0.2) is 35.4 Å². The Morgan fingerprint density at radius 1 is 1.03 bits per heavy atom. The van der Waals surface area contributed by atoms with Crippen LogP contribution in [0.25, 0.3) is 10.9 Å². The van der Waals surface area contributed by atoms with Gasteiger partial charge in [-0.3, -0.25) is 14.2 Å². The number of fused-ring (bicyclic) bond motifs is 1. The van der Waals surface area contributed by atoms with Crippen molar-refractivity contribution in [2.75, 3.05) is 25.3 Å². The number of methoxy groups -OCH3 is 2. The second-order valence-electron chi connectivity index (χ2n) is 7.30. The van der Waals surface area contributed by atoms with Crippen molar-refractivity contribution in [1.82, 2.24) is 9.55 Å². The van der Waals surface area contributed by atoms with Gasteiger partial charge in [0.15, 0.2) is 16.7 Å². The summed E-state index contributed by atoms with van der Waals surface area (Å²) in [6, 6.07) is 19.6. The second-order valence-corrected chi connectivity index (χ2v) is 8.65. The zero-order chi connectivity index (χ0) is 24.1. The molecule has 4 rings (SSSR count). The lowest BCUT2D eigenvalue weighted by molar-refractivity contribution is -0.113. The first kappa shape index (κ1) is 23.7. The zero-order valence-electron chi connectivity index (χ0n) is 18.6. The maximum absolute atomic E-state index is 13.3. The Balaban J connectivity index is 1.59. The van der Waals surface area contributed by atoms with Gasteiger partial charge in [-0.15, -0.1) is 0 Å². The van der Waals surface area contributed by atoms with E-state index in [0.29, 0.717) is 38.3 Å². The van der Waals surface area contributed by atoms with E-state index in [4.69, 9.17) is 21.1 Å². The van der Waals surface area contributed by atoms with Gasteiger partial charge in [0.1, 0.15) is 0 Å². The smallest absolute Gasteiger partial charge is 0.262 e. The molecule has 9 heteroatoms. The van der Waals surface area contributed by atoms with E-state index in [0.717, 1.165) is 5.56 Å². The number of thioether (sulfide) groups is 1. The minimum Gasteiger partial charge on any atom is -0.493 e. The molecule has 0 saturated heterocycles. The summed E-state index contributed by atoms with van der Waals surface area (Å²) in [5, 5.41) is 4.34. The van der Waals surface area contributed by atoms with Crippen LogP contribution in [-0.2, 0) is 11.3 Å². The lowest BCUT2D eigenvalue weighted by Gasteiger charge is -2.14. The standard InChI is InChI=1S/C25H22ClN3O4S/c1-32-21-12-11-17(13-22(21)33-2)27-23(30)15-34-25-28-20-10-6-4-8-18(20)24(31)29(25)14-16-7-3-5-9-19(16)26/h3-13H,14-15H2,1-2H3,(H,27,30). The number of nitrogens with zero attached hydrogens (tertiary/aromatic N) is 2. The maximum Gasteiger partial charge on any atom is 0.262 e. The van der Waals surface area contributed by atoms with Crippen molar-refractivity contribution < 1.29 is 14.3 Å². The summed E-state index contributed by atoms with van der Waals surface area (Å²) in [5.74, 6) is 0.891. The molecule has 3 aromatic carbocycles. The summed E-state index contributed by atoms with van der Waals surface area (Å²) in [6.07, 6.45) is 0. The minimum atomic E-state index is -0.246. The van der Waals surface area contributed by atoms with Crippen molar-refractivity contribution in [2.24, 2.45) is 0 Å². The molecule has 0 unspecified atom stereocenters. The summed E-state index contributed by atoms with van der Waals surface area (Å²) >= 11 is 7.52. The second kappa shape index (κ2) is 10.6. The van der Waals surface area contributed by atoms with Gasteiger partial charge in [-0.25, -0.2) is 4.98 Å². The van der Waals surface area contributed by atoms with E-state index in [1.807, 2.05) is 24.3 Å². The van der Waals surface area contributed by atoms with Crippen LogP contribution in [0, 0.1) is 0 Å². The van der Waals surface area contributed by atoms with Gasteiger partial charge >= 0.3 is 0 Å². The topological polar surface area (TPSA) is 82.5 Å². The molecule has 1 aromatic heterocycles. The number of anilines is 1. The Kier molecular flexibility index (Phi) is 7.40. The van der Waals surface area contributed by atoms with E-state index >= 15 is 0 Å². The molecule has 174 valence electrons. The molecule has 0 saturated carbocycles. The van der Waals surface area contributed by atoms with Crippen molar-refractivity contribution in [3.05, 3.63) is 87.7 Å². The molecule has 0 atom stereocenters. The Morgan fingerprint density at radius 3 is 2.53 bits per heavy atom. The lowest BCUT2D eigenvalue weighted by Crippen LogP contribution is -2.25. The van der Waals surface area contributed by atoms with Crippen LogP contribution in [0.1, 0.15) is 5.56 Å². The minimum absolute atomic E-state index is 0.0572. The van der Waals surface area contributed by atoms with Crippen LogP contribution in [0.4, 0.5) is 5.69 Å². The quantitative estimate of drug-likeness (QED) is 0.278. The van der Waals surface area contributed by atoms with Gasteiger partial charge in [-0.05, 0) is 35.9 Å². The number of hydrogen-bond donors (Lipinski definition) is 1. The normalized spacial score (nSPS) is 10.8. The molecular weight excluding hydrogens is 474 g/mol. The van der Waals surface area contributed by atoms with E-state index in [2.05, 4.69) is 10.3 Å². The molecule has 0 aliphatic heterocycles. The highest BCUT2D eigenvalue weighted by Crippen LogP contribution is 2.30. The molecule has 34 heavy (non-hydrogen) atoms. The number of benzene rings is 3. The largest absolute Gasteiger partial charge is 0.493 e. The van der Waals surface area contributed by atoms with Gasteiger partial charge in [0, 0.05) is 16.8 Å². The number of carbonyl (C=O) groups is 1.